The highest BCUT2D eigenvalue weighted by molar-refractivity contribution is 5.37. The second-order valence-electron chi connectivity index (χ2n) is 4.42. The van der Waals surface area contributed by atoms with E-state index in [0.717, 1.165) is 24.2 Å². The van der Waals surface area contributed by atoms with Gasteiger partial charge in [-0.25, -0.2) is 9.50 Å². The molecule has 0 atom stereocenters. The third-order valence-electron chi connectivity index (χ3n) is 3.06. The molecule has 0 spiro atoms. The van der Waals surface area contributed by atoms with Crippen molar-refractivity contribution in [3.8, 4) is 0 Å². The molecule has 0 radical (unpaired) electrons. The van der Waals surface area contributed by atoms with E-state index in [1.165, 1.54) is 12.8 Å². The Morgan fingerprint density at radius 3 is 3.07 bits per heavy atom. The van der Waals surface area contributed by atoms with Gasteiger partial charge in [0.2, 0.25) is 0 Å². The largest absolute Gasteiger partial charge is 0.325 e. The Hall–Kier alpha value is -1.42. The lowest BCUT2D eigenvalue weighted by atomic mass is 10.1. The smallest absolute Gasteiger partial charge is 0.153 e. The Labute approximate surface area is 88.1 Å². The predicted octanol–water partition coefficient (Wildman–Crippen LogP) is 1.15. The lowest BCUT2D eigenvalue weighted by Crippen LogP contribution is -2.22. The number of nitrogens with two attached hydrogens (primary N) is 1. The van der Waals surface area contributed by atoms with Crippen LogP contribution in [0.5, 0.6) is 0 Å². The van der Waals surface area contributed by atoms with Gasteiger partial charge in [-0.1, -0.05) is 0 Å². The Bertz CT molecular complexity index is 451. The molecule has 1 saturated carbocycles. The van der Waals surface area contributed by atoms with E-state index in [1.54, 1.807) is 6.20 Å². The maximum absolute atomic E-state index is 6.04. The van der Waals surface area contributed by atoms with Crippen molar-refractivity contribution in [2.75, 3.05) is 0 Å². The van der Waals surface area contributed by atoms with E-state index < -0.39 is 0 Å². The number of rotatable bonds is 3. The molecule has 2 aromatic heterocycles. The van der Waals surface area contributed by atoms with Crippen LogP contribution in [0.4, 0.5) is 0 Å². The highest BCUT2D eigenvalue weighted by atomic mass is 15.2. The van der Waals surface area contributed by atoms with Crippen LogP contribution in [0.25, 0.3) is 5.65 Å². The average Bonchev–Trinajstić information content (AvgIpc) is 2.83. The van der Waals surface area contributed by atoms with E-state index in [-0.39, 0.29) is 5.54 Å². The summed E-state index contributed by atoms with van der Waals surface area (Å²) in [5.41, 5.74) is 8.15. The average molecular weight is 202 g/mol. The van der Waals surface area contributed by atoms with Crippen molar-refractivity contribution in [2.45, 2.75) is 31.2 Å². The normalized spacial score (nSPS) is 18.2. The fraction of sp³-hybridized carbons (Fsp3) is 0.455. The van der Waals surface area contributed by atoms with Crippen molar-refractivity contribution < 1.29 is 0 Å². The summed E-state index contributed by atoms with van der Waals surface area (Å²) in [6.45, 7) is 0. The molecule has 1 aliphatic carbocycles. The van der Waals surface area contributed by atoms with Crippen LogP contribution in [0.1, 0.15) is 25.0 Å². The van der Waals surface area contributed by atoms with E-state index in [0.29, 0.717) is 0 Å². The lowest BCUT2D eigenvalue weighted by molar-refractivity contribution is 0.604. The van der Waals surface area contributed by atoms with E-state index in [9.17, 15) is 0 Å². The van der Waals surface area contributed by atoms with Gasteiger partial charge in [-0.05, 0) is 37.8 Å². The molecule has 15 heavy (non-hydrogen) atoms. The molecule has 2 N–H and O–H groups in total. The fourth-order valence-corrected chi connectivity index (χ4v) is 1.79. The van der Waals surface area contributed by atoms with Crippen LogP contribution in [0.3, 0.4) is 0 Å². The summed E-state index contributed by atoms with van der Waals surface area (Å²) >= 11 is 0. The summed E-state index contributed by atoms with van der Waals surface area (Å²) in [4.78, 5) is 4.49. The van der Waals surface area contributed by atoms with Gasteiger partial charge >= 0.3 is 0 Å². The maximum Gasteiger partial charge on any atom is 0.153 e. The standard InChI is InChI=1S/C11H14N4/c12-11(5-6-11)4-3-9-8-15-10(14-9)2-1-7-13-15/h1-2,7-8H,3-6,12H2. The molecule has 4 nitrogen and oxygen atoms in total. The van der Waals surface area contributed by atoms with Crippen LogP contribution in [-0.4, -0.2) is 20.1 Å². The molecule has 0 aromatic carbocycles. The summed E-state index contributed by atoms with van der Waals surface area (Å²) in [7, 11) is 0. The van der Waals surface area contributed by atoms with Crippen LogP contribution in [0, 0.1) is 0 Å². The number of aryl methyl sites for hydroxylation is 1. The van der Waals surface area contributed by atoms with E-state index in [1.807, 2.05) is 22.8 Å². The monoisotopic (exact) mass is 202 g/mol. The van der Waals surface area contributed by atoms with E-state index in [4.69, 9.17) is 5.73 Å². The summed E-state index contributed by atoms with van der Waals surface area (Å²) in [6.07, 6.45) is 8.08. The number of fused-ring (bicyclic) bond motifs is 1. The minimum absolute atomic E-state index is 0.114. The molecule has 0 saturated heterocycles. The van der Waals surface area contributed by atoms with Gasteiger partial charge in [0.15, 0.2) is 5.65 Å². The van der Waals surface area contributed by atoms with Crippen LogP contribution in [-0.2, 0) is 6.42 Å². The Kier molecular flexibility index (Phi) is 1.79. The number of hydrogen-bond donors (Lipinski definition) is 1. The summed E-state index contributed by atoms with van der Waals surface area (Å²) in [5, 5.41) is 4.18. The van der Waals surface area contributed by atoms with Gasteiger partial charge in [0, 0.05) is 11.7 Å². The zero-order valence-electron chi connectivity index (χ0n) is 8.56. The minimum Gasteiger partial charge on any atom is -0.325 e. The molecule has 0 bridgehead atoms. The first-order chi connectivity index (χ1) is 7.25. The van der Waals surface area contributed by atoms with Crippen LogP contribution in [0.15, 0.2) is 24.5 Å². The van der Waals surface area contributed by atoms with Crippen molar-refractivity contribution in [3.05, 3.63) is 30.2 Å². The molecule has 0 amide bonds. The van der Waals surface area contributed by atoms with E-state index in [2.05, 4.69) is 10.1 Å². The predicted molar refractivity (Wildman–Crippen MR) is 57.5 cm³/mol. The maximum atomic E-state index is 6.04. The molecule has 1 fully saturated rings. The van der Waals surface area contributed by atoms with Crippen molar-refractivity contribution >= 4 is 5.65 Å². The third-order valence-corrected chi connectivity index (χ3v) is 3.06. The van der Waals surface area contributed by atoms with Gasteiger partial charge in [0.05, 0.1) is 11.9 Å². The number of hydrogen-bond acceptors (Lipinski definition) is 3. The molecule has 0 aliphatic heterocycles. The van der Waals surface area contributed by atoms with Crippen LogP contribution in [0.2, 0.25) is 0 Å². The highest BCUT2D eigenvalue weighted by Crippen LogP contribution is 2.36. The summed E-state index contributed by atoms with van der Waals surface area (Å²) in [5.74, 6) is 0. The quantitative estimate of drug-likeness (QED) is 0.812. The number of aromatic nitrogens is 3. The van der Waals surface area contributed by atoms with Crippen LogP contribution >= 0.6 is 0 Å². The highest BCUT2D eigenvalue weighted by Gasteiger charge is 2.37. The topological polar surface area (TPSA) is 56.2 Å². The second kappa shape index (κ2) is 3.03. The SMILES string of the molecule is NC1(CCc2cn3ncccc3n2)CC1. The summed E-state index contributed by atoms with van der Waals surface area (Å²) < 4.78 is 1.81. The molecule has 1 aliphatic rings. The first-order valence-electron chi connectivity index (χ1n) is 5.33. The van der Waals surface area contributed by atoms with Gasteiger partial charge in [-0.2, -0.15) is 5.10 Å². The first-order valence-corrected chi connectivity index (χ1v) is 5.33. The molecule has 2 heterocycles. The molecular formula is C11H14N4. The Balaban J connectivity index is 1.79. The van der Waals surface area contributed by atoms with Crippen molar-refractivity contribution in [3.63, 3.8) is 0 Å². The molecule has 78 valence electrons. The van der Waals surface area contributed by atoms with Gasteiger partial charge in [0.1, 0.15) is 0 Å². The van der Waals surface area contributed by atoms with Gasteiger partial charge in [0.25, 0.3) is 0 Å². The molecule has 4 heteroatoms. The molecule has 3 rings (SSSR count). The number of imidazole rings is 1. The fourth-order valence-electron chi connectivity index (χ4n) is 1.79. The van der Waals surface area contributed by atoms with Gasteiger partial charge in [-0.3, -0.25) is 0 Å². The second-order valence-corrected chi connectivity index (χ2v) is 4.42. The Morgan fingerprint density at radius 1 is 1.47 bits per heavy atom. The zero-order chi connectivity index (χ0) is 10.3. The van der Waals surface area contributed by atoms with Crippen LogP contribution < -0.4 is 5.73 Å². The molecule has 0 unspecified atom stereocenters. The number of nitrogens with zero attached hydrogens (tertiary/aromatic N) is 3. The van der Waals surface area contributed by atoms with Gasteiger partial charge < -0.3 is 5.73 Å². The Morgan fingerprint density at radius 2 is 2.33 bits per heavy atom. The van der Waals surface area contributed by atoms with Crippen molar-refractivity contribution in [1.29, 1.82) is 0 Å². The molecule has 2 aromatic rings. The zero-order valence-corrected chi connectivity index (χ0v) is 8.56. The van der Waals surface area contributed by atoms with Crippen molar-refractivity contribution in [1.82, 2.24) is 14.6 Å². The third kappa shape index (κ3) is 1.72. The molecular weight excluding hydrogens is 188 g/mol. The van der Waals surface area contributed by atoms with Gasteiger partial charge in [-0.15, -0.1) is 0 Å². The lowest BCUT2D eigenvalue weighted by Gasteiger charge is -2.04. The minimum atomic E-state index is 0.114. The van der Waals surface area contributed by atoms with E-state index >= 15 is 0 Å². The summed E-state index contributed by atoms with van der Waals surface area (Å²) in [6, 6.07) is 3.86. The van der Waals surface area contributed by atoms with Crippen molar-refractivity contribution in [2.24, 2.45) is 5.73 Å². The first kappa shape index (κ1) is 8.85.